The molecule has 5 heteroatoms. The molecule has 0 saturated heterocycles. The lowest BCUT2D eigenvalue weighted by molar-refractivity contribution is -0.127. The van der Waals surface area contributed by atoms with E-state index in [2.05, 4.69) is 5.32 Å². The summed E-state index contributed by atoms with van der Waals surface area (Å²) in [6, 6.07) is 5.64. The van der Waals surface area contributed by atoms with Gasteiger partial charge in [0.25, 0.3) is 0 Å². The van der Waals surface area contributed by atoms with Crippen LogP contribution in [-0.4, -0.2) is 17.9 Å². The molecule has 0 saturated carbocycles. The molecule has 104 valence electrons. The Bertz CT molecular complexity index is 463. The zero-order chi connectivity index (χ0) is 14.4. The van der Waals surface area contributed by atoms with Gasteiger partial charge in [-0.25, -0.2) is 4.39 Å². The summed E-state index contributed by atoms with van der Waals surface area (Å²) >= 11 is 0. The van der Waals surface area contributed by atoms with Crippen LogP contribution in [0, 0.1) is 11.7 Å². The fourth-order valence-electron chi connectivity index (χ4n) is 1.83. The van der Waals surface area contributed by atoms with E-state index < -0.39 is 11.9 Å². The van der Waals surface area contributed by atoms with E-state index in [0.29, 0.717) is 6.42 Å². The van der Waals surface area contributed by atoms with E-state index >= 15 is 0 Å². The molecule has 0 fully saturated rings. The lowest BCUT2D eigenvalue weighted by Gasteiger charge is -2.14. The Balaban J connectivity index is 2.45. The molecule has 0 aliphatic rings. The smallest absolute Gasteiger partial charge is 0.239 e. The van der Waals surface area contributed by atoms with Crippen LogP contribution < -0.4 is 11.1 Å². The first-order valence-corrected chi connectivity index (χ1v) is 6.21. The van der Waals surface area contributed by atoms with Crippen LogP contribution in [0.2, 0.25) is 0 Å². The number of nitrogens with one attached hydrogen (secondary N) is 1. The highest BCUT2D eigenvalue weighted by Crippen LogP contribution is 2.13. The van der Waals surface area contributed by atoms with Gasteiger partial charge < -0.3 is 11.1 Å². The van der Waals surface area contributed by atoms with Gasteiger partial charge in [0, 0.05) is 6.42 Å². The van der Waals surface area contributed by atoms with Crippen molar-refractivity contribution in [1.29, 1.82) is 0 Å². The summed E-state index contributed by atoms with van der Waals surface area (Å²) in [5.74, 6) is -1.01. The number of rotatable bonds is 6. The Morgan fingerprint density at radius 2 is 2.05 bits per heavy atom. The molecule has 0 heterocycles. The number of carbonyl (C=O) groups is 2. The fourth-order valence-corrected chi connectivity index (χ4v) is 1.83. The maximum Gasteiger partial charge on any atom is 0.239 e. The minimum absolute atomic E-state index is 0.0573. The molecule has 0 aliphatic carbocycles. The molecule has 4 nitrogen and oxygen atoms in total. The maximum absolute atomic E-state index is 13.0. The number of amides is 2. The molecule has 0 unspecified atom stereocenters. The quantitative estimate of drug-likeness (QED) is 0.816. The summed E-state index contributed by atoms with van der Waals surface area (Å²) < 4.78 is 13.0. The molecule has 0 aromatic heterocycles. The second kappa shape index (κ2) is 6.87. The standard InChI is InChI=1S/C14H19FN2O2/c1-9(6-11-4-3-5-12(15)8-11)7-13(18)17-10(2)14(16)19/h3-5,8-10H,6-7H2,1-2H3,(H2,16,19)(H,17,18)/t9-,10-/m0/s1. The van der Waals surface area contributed by atoms with Crippen molar-refractivity contribution in [3.05, 3.63) is 35.6 Å². The summed E-state index contributed by atoms with van der Waals surface area (Å²) in [5.41, 5.74) is 5.91. The Kier molecular flexibility index (Phi) is 5.48. The van der Waals surface area contributed by atoms with Gasteiger partial charge in [-0.2, -0.15) is 0 Å². The second-order valence-corrected chi connectivity index (χ2v) is 4.83. The molecule has 0 radical (unpaired) electrons. The van der Waals surface area contributed by atoms with Gasteiger partial charge in [0.2, 0.25) is 11.8 Å². The number of hydrogen-bond donors (Lipinski definition) is 2. The minimum Gasteiger partial charge on any atom is -0.368 e. The average molecular weight is 266 g/mol. The summed E-state index contributed by atoms with van der Waals surface area (Å²) in [6.07, 6.45) is 0.879. The van der Waals surface area contributed by atoms with Crippen LogP contribution in [0.3, 0.4) is 0 Å². The molecule has 1 aromatic carbocycles. The minimum atomic E-state index is -0.672. The molecule has 2 amide bonds. The van der Waals surface area contributed by atoms with Crippen molar-refractivity contribution in [3.8, 4) is 0 Å². The number of hydrogen-bond acceptors (Lipinski definition) is 2. The predicted octanol–water partition coefficient (Wildman–Crippen LogP) is 1.38. The van der Waals surface area contributed by atoms with Crippen LogP contribution in [0.15, 0.2) is 24.3 Å². The highest BCUT2D eigenvalue weighted by Gasteiger charge is 2.15. The van der Waals surface area contributed by atoms with Gasteiger partial charge in [0.15, 0.2) is 0 Å². The van der Waals surface area contributed by atoms with Crippen LogP contribution in [0.25, 0.3) is 0 Å². The van der Waals surface area contributed by atoms with Crippen molar-refractivity contribution in [3.63, 3.8) is 0 Å². The van der Waals surface area contributed by atoms with Crippen LogP contribution in [0.5, 0.6) is 0 Å². The number of primary amides is 1. The zero-order valence-electron chi connectivity index (χ0n) is 11.2. The SMILES string of the molecule is C[C@H](CC(=O)N[C@@H](C)C(N)=O)Cc1cccc(F)c1. The molecule has 0 spiro atoms. The first-order valence-electron chi connectivity index (χ1n) is 6.21. The van der Waals surface area contributed by atoms with Crippen LogP contribution in [0.1, 0.15) is 25.8 Å². The number of halogens is 1. The summed E-state index contributed by atoms with van der Waals surface area (Å²) in [5, 5.41) is 2.52. The van der Waals surface area contributed by atoms with Crippen molar-refractivity contribution in [2.75, 3.05) is 0 Å². The molecular formula is C14H19FN2O2. The number of benzene rings is 1. The highest BCUT2D eigenvalue weighted by atomic mass is 19.1. The monoisotopic (exact) mass is 266 g/mol. The largest absolute Gasteiger partial charge is 0.368 e. The molecule has 0 bridgehead atoms. The molecule has 1 rings (SSSR count). The third kappa shape index (κ3) is 5.50. The van der Waals surface area contributed by atoms with Crippen molar-refractivity contribution >= 4 is 11.8 Å². The van der Waals surface area contributed by atoms with Gasteiger partial charge in [0.05, 0.1) is 0 Å². The van der Waals surface area contributed by atoms with E-state index in [1.807, 2.05) is 13.0 Å². The third-order valence-electron chi connectivity index (χ3n) is 2.81. The van der Waals surface area contributed by atoms with Gasteiger partial charge in [-0.1, -0.05) is 19.1 Å². The molecule has 2 atom stereocenters. The third-order valence-corrected chi connectivity index (χ3v) is 2.81. The normalized spacial score (nSPS) is 13.6. The fraction of sp³-hybridized carbons (Fsp3) is 0.429. The first kappa shape index (κ1) is 15.1. The molecular weight excluding hydrogens is 247 g/mol. The van der Waals surface area contributed by atoms with Gasteiger partial charge >= 0.3 is 0 Å². The summed E-state index contributed by atoms with van der Waals surface area (Å²) in [7, 11) is 0. The highest BCUT2D eigenvalue weighted by molar-refractivity contribution is 5.86. The molecule has 0 aliphatic heterocycles. The van der Waals surface area contributed by atoms with Crippen LogP contribution >= 0.6 is 0 Å². The predicted molar refractivity (Wildman–Crippen MR) is 70.7 cm³/mol. The summed E-state index contributed by atoms with van der Waals surface area (Å²) in [4.78, 5) is 22.4. The van der Waals surface area contributed by atoms with Crippen molar-refractivity contribution in [1.82, 2.24) is 5.32 Å². The Morgan fingerprint density at radius 1 is 1.37 bits per heavy atom. The van der Waals surface area contributed by atoms with Crippen LogP contribution in [0.4, 0.5) is 4.39 Å². The second-order valence-electron chi connectivity index (χ2n) is 4.83. The maximum atomic E-state index is 13.0. The van der Waals surface area contributed by atoms with E-state index in [0.717, 1.165) is 5.56 Å². The van der Waals surface area contributed by atoms with E-state index in [-0.39, 0.29) is 24.1 Å². The van der Waals surface area contributed by atoms with E-state index in [4.69, 9.17) is 5.73 Å². The molecule has 1 aromatic rings. The van der Waals surface area contributed by atoms with Gasteiger partial charge in [-0.15, -0.1) is 0 Å². The lowest BCUT2D eigenvalue weighted by atomic mass is 9.97. The van der Waals surface area contributed by atoms with E-state index in [9.17, 15) is 14.0 Å². The topological polar surface area (TPSA) is 72.2 Å². The zero-order valence-corrected chi connectivity index (χ0v) is 11.2. The number of nitrogens with two attached hydrogens (primary N) is 1. The van der Waals surface area contributed by atoms with Crippen LogP contribution in [-0.2, 0) is 16.0 Å². The first-order chi connectivity index (χ1) is 8.88. The average Bonchev–Trinajstić information content (AvgIpc) is 2.27. The van der Waals surface area contributed by atoms with Crippen molar-refractivity contribution < 1.29 is 14.0 Å². The number of carbonyl (C=O) groups excluding carboxylic acids is 2. The van der Waals surface area contributed by atoms with Crippen molar-refractivity contribution in [2.24, 2.45) is 11.7 Å². The van der Waals surface area contributed by atoms with E-state index in [1.165, 1.54) is 19.1 Å². The van der Waals surface area contributed by atoms with Gasteiger partial charge in [-0.05, 0) is 37.0 Å². The molecule has 19 heavy (non-hydrogen) atoms. The lowest BCUT2D eigenvalue weighted by Crippen LogP contribution is -2.42. The van der Waals surface area contributed by atoms with Gasteiger partial charge in [-0.3, -0.25) is 9.59 Å². The van der Waals surface area contributed by atoms with Gasteiger partial charge in [0.1, 0.15) is 11.9 Å². The molecule has 3 N–H and O–H groups in total. The van der Waals surface area contributed by atoms with Crippen molar-refractivity contribution in [2.45, 2.75) is 32.7 Å². The summed E-state index contributed by atoms with van der Waals surface area (Å²) in [6.45, 7) is 3.44. The Labute approximate surface area is 112 Å². The Morgan fingerprint density at radius 3 is 2.63 bits per heavy atom. The Hall–Kier alpha value is -1.91. The van der Waals surface area contributed by atoms with E-state index in [1.54, 1.807) is 6.07 Å².